The summed E-state index contributed by atoms with van der Waals surface area (Å²) in [7, 11) is 0. The van der Waals surface area contributed by atoms with Crippen LogP contribution in [-0.4, -0.2) is 5.11 Å². The van der Waals surface area contributed by atoms with Gasteiger partial charge in [0.1, 0.15) is 11.6 Å². The number of aromatic hydroxyl groups is 1. The molecule has 1 heterocycles. The number of phenols is 1. The van der Waals surface area contributed by atoms with Crippen LogP contribution < -0.4 is 0 Å². The highest BCUT2D eigenvalue weighted by Crippen LogP contribution is 2.35. The van der Waals surface area contributed by atoms with Crippen molar-refractivity contribution < 1.29 is 9.50 Å². The molecule has 0 saturated heterocycles. The van der Waals surface area contributed by atoms with E-state index in [1.54, 1.807) is 11.4 Å². The fourth-order valence-corrected chi connectivity index (χ4v) is 2.05. The second-order valence-electron chi connectivity index (χ2n) is 2.39. The molecule has 0 spiro atoms. The van der Waals surface area contributed by atoms with Crippen molar-refractivity contribution in [3.05, 3.63) is 23.3 Å². The van der Waals surface area contributed by atoms with Gasteiger partial charge in [0.25, 0.3) is 0 Å². The number of thiophene rings is 1. The molecule has 0 amide bonds. The number of rotatable bonds is 0. The van der Waals surface area contributed by atoms with E-state index in [-0.39, 0.29) is 10.6 Å². The number of phenolic OH excluding ortho intramolecular Hbond substituents is 1. The van der Waals surface area contributed by atoms with E-state index in [0.717, 1.165) is 4.70 Å². The second kappa shape index (κ2) is 2.64. The number of benzene rings is 1. The molecular weight excluding hydrogens is 195 g/mol. The molecule has 12 heavy (non-hydrogen) atoms. The van der Waals surface area contributed by atoms with Crippen LogP contribution >= 0.6 is 24.0 Å². The Morgan fingerprint density at radius 1 is 1.50 bits per heavy atom. The Bertz CT molecular complexity index is 436. The SMILES string of the molecule is Oc1c(S)c(F)cc2sccc12. The van der Waals surface area contributed by atoms with Crippen LogP contribution in [0, 0.1) is 5.82 Å². The highest BCUT2D eigenvalue weighted by Gasteiger charge is 2.09. The van der Waals surface area contributed by atoms with Gasteiger partial charge in [-0.1, -0.05) is 0 Å². The van der Waals surface area contributed by atoms with Crippen molar-refractivity contribution in [1.82, 2.24) is 0 Å². The van der Waals surface area contributed by atoms with Crippen molar-refractivity contribution >= 4 is 34.1 Å². The number of thiol groups is 1. The first-order valence-electron chi connectivity index (χ1n) is 3.28. The third-order valence-electron chi connectivity index (χ3n) is 1.66. The molecule has 0 atom stereocenters. The van der Waals surface area contributed by atoms with E-state index < -0.39 is 5.82 Å². The highest BCUT2D eigenvalue weighted by molar-refractivity contribution is 7.80. The number of fused-ring (bicyclic) bond motifs is 1. The minimum absolute atomic E-state index is 0.0147. The Hall–Kier alpha value is -0.740. The first kappa shape index (κ1) is 7.89. The first-order chi connectivity index (χ1) is 5.70. The molecule has 1 N–H and O–H groups in total. The van der Waals surface area contributed by atoms with Crippen LogP contribution in [0.1, 0.15) is 0 Å². The molecule has 2 aromatic rings. The molecule has 0 aliphatic heterocycles. The van der Waals surface area contributed by atoms with E-state index in [4.69, 9.17) is 0 Å². The Balaban J connectivity index is 2.94. The van der Waals surface area contributed by atoms with Gasteiger partial charge >= 0.3 is 0 Å². The number of hydrogen-bond acceptors (Lipinski definition) is 3. The van der Waals surface area contributed by atoms with Gasteiger partial charge in [-0.2, -0.15) is 0 Å². The van der Waals surface area contributed by atoms with Crippen LogP contribution in [0.15, 0.2) is 22.4 Å². The maximum atomic E-state index is 13.0. The van der Waals surface area contributed by atoms with Crippen LogP contribution in [0.3, 0.4) is 0 Å². The van der Waals surface area contributed by atoms with Crippen LogP contribution in [0.5, 0.6) is 5.75 Å². The largest absolute Gasteiger partial charge is 0.506 e. The summed E-state index contributed by atoms with van der Waals surface area (Å²) in [6.45, 7) is 0. The fourth-order valence-electron chi connectivity index (χ4n) is 1.05. The molecule has 4 heteroatoms. The lowest BCUT2D eigenvalue weighted by Gasteiger charge is -1.99. The Kier molecular flexibility index (Phi) is 1.73. The van der Waals surface area contributed by atoms with E-state index in [0.29, 0.717) is 5.39 Å². The minimum atomic E-state index is -0.481. The summed E-state index contributed by atoms with van der Waals surface area (Å²) in [6, 6.07) is 3.12. The van der Waals surface area contributed by atoms with E-state index in [2.05, 4.69) is 12.6 Å². The molecule has 1 aromatic carbocycles. The van der Waals surface area contributed by atoms with Crippen molar-refractivity contribution in [1.29, 1.82) is 0 Å². The maximum absolute atomic E-state index is 13.0. The van der Waals surface area contributed by atoms with Crippen molar-refractivity contribution in [2.75, 3.05) is 0 Å². The van der Waals surface area contributed by atoms with Gasteiger partial charge in [-0.3, -0.25) is 0 Å². The molecule has 62 valence electrons. The van der Waals surface area contributed by atoms with Crippen LogP contribution in [0.25, 0.3) is 10.1 Å². The average Bonchev–Trinajstić information content (AvgIpc) is 2.48. The molecule has 0 saturated carbocycles. The minimum Gasteiger partial charge on any atom is -0.506 e. The number of halogens is 1. The van der Waals surface area contributed by atoms with Crippen LogP contribution in [0.2, 0.25) is 0 Å². The summed E-state index contributed by atoms with van der Waals surface area (Å²) < 4.78 is 13.7. The van der Waals surface area contributed by atoms with Crippen molar-refractivity contribution in [2.24, 2.45) is 0 Å². The predicted octanol–water partition coefficient (Wildman–Crippen LogP) is 3.03. The molecule has 0 unspecified atom stereocenters. The lowest BCUT2D eigenvalue weighted by molar-refractivity contribution is 0.457. The van der Waals surface area contributed by atoms with Crippen molar-refractivity contribution in [2.45, 2.75) is 4.90 Å². The van der Waals surface area contributed by atoms with Crippen LogP contribution in [0.4, 0.5) is 4.39 Å². The quantitative estimate of drug-likeness (QED) is 0.626. The van der Waals surface area contributed by atoms with Gasteiger partial charge < -0.3 is 5.11 Å². The lowest BCUT2D eigenvalue weighted by Crippen LogP contribution is -1.78. The molecule has 0 radical (unpaired) electrons. The average molecular weight is 200 g/mol. The molecule has 1 aromatic heterocycles. The Labute approximate surface area is 77.9 Å². The molecule has 0 bridgehead atoms. The zero-order valence-corrected chi connectivity index (χ0v) is 7.62. The predicted molar refractivity (Wildman–Crippen MR) is 50.7 cm³/mol. The Morgan fingerprint density at radius 2 is 2.25 bits per heavy atom. The standard InChI is InChI=1S/C8H5FOS2/c9-5-3-6-4(1-2-12-6)7(10)8(5)11/h1-3,10-11H. The smallest absolute Gasteiger partial charge is 0.141 e. The highest BCUT2D eigenvalue weighted by atomic mass is 32.1. The summed E-state index contributed by atoms with van der Waals surface area (Å²) in [5, 5.41) is 11.9. The van der Waals surface area contributed by atoms with Gasteiger partial charge in [0.15, 0.2) is 0 Å². The molecular formula is C8H5FOS2. The van der Waals surface area contributed by atoms with E-state index in [9.17, 15) is 9.50 Å². The molecule has 1 nitrogen and oxygen atoms in total. The monoisotopic (exact) mass is 200 g/mol. The third kappa shape index (κ3) is 0.990. The van der Waals surface area contributed by atoms with Gasteiger partial charge in [-0.05, 0) is 17.5 Å². The third-order valence-corrected chi connectivity index (χ3v) is 2.95. The molecule has 0 aliphatic rings. The zero-order valence-electron chi connectivity index (χ0n) is 5.91. The first-order valence-corrected chi connectivity index (χ1v) is 4.60. The zero-order chi connectivity index (χ0) is 8.72. The summed E-state index contributed by atoms with van der Waals surface area (Å²) in [4.78, 5) is 0.0147. The normalized spacial score (nSPS) is 10.8. The van der Waals surface area contributed by atoms with Crippen molar-refractivity contribution in [3.63, 3.8) is 0 Å². The topological polar surface area (TPSA) is 20.2 Å². The van der Waals surface area contributed by atoms with Gasteiger partial charge in [0.05, 0.1) is 4.90 Å². The molecule has 0 aliphatic carbocycles. The van der Waals surface area contributed by atoms with Gasteiger partial charge in [0.2, 0.25) is 0 Å². The van der Waals surface area contributed by atoms with Crippen LogP contribution in [-0.2, 0) is 0 Å². The number of hydrogen-bond donors (Lipinski definition) is 2. The lowest BCUT2D eigenvalue weighted by atomic mass is 10.2. The summed E-state index contributed by atoms with van der Waals surface area (Å²) >= 11 is 5.23. The molecule has 0 fully saturated rings. The van der Waals surface area contributed by atoms with E-state index in [1.165, 1.54) is 17.4 Å². The van der Waals surface area contributed by atoms with E-state index >= 15 is 0 Å². The van der Waals surface area contributed by atoms with Gasteiger partial charge in [0, 0.05) is 10.1 Å². The van der Waals surface area contributed by atoms with Gasteiger partial charge in [-0.15, -0.1) is 24.0 Å². The summed E-state index contributed by atoms with van der Waals surface area (Å²) in [6.07, 6.45) is 0. The summed E-state index contributed by atoms with van der Waals surface area (Å²) in [5.74, 6) is -0.555. The fraction of sp³-hybridized carbons (Fsp3) is 0. The summed E-state index contributed by atoms with van der Waals surface area (Å²) in [5.41, 5.74) is 0. The van der Waals surface area contributed by atoms with E-state index in [1.807, 2.05) is 0 Å². The molecule has 2 rings (SSSR count). The van der Waals surface area contributed by atoms with Crippen molar-refractivity contribution in [3.8, 4) is 5.75 Å². The van der Waals surface area contributed by atoms with Gasteiger partial charge in [-0.25, -0.2) is 4.39 Å². The maximum Gasteiger partial charge on any atom is 0.141 e. The Morgan fingerprint density at radius 3 is 3.00 bits per heavy atom. The second-order valence-corrected chi connectivity index (χ2v) is 3.78.